The maximum atomic E-state index is 5.00. The van der Waals surface area contributed by atoms with Gasteiger partial charge in [-0.3, -0.25) is 0 Å². The summed E-state index contributed by atoms with van der Waals surface area (Å²) in [5.74, 6) is 0.828. The first-order chi connectivity index (χ1) is 4.68. The van der Waals surface area contributed by atoms with Crippen LogP contribution in [0, 0.1) is 0 Å². The van der Waals surface area contributed by atoms with Crippen LogP contribution in [0.3, 0.4) is 0 Å². The Kier molecular flexibility index (Phi) is 5.62. The van der Waals surface area contributed by atoms with Gasteiger partial charge in [-0.25, -0.2) is 0 Å². The fraction of sp³-hybridized carbons (Fsp3) is 1.00. The third-order valence-corrected chi connectivity index (χ3v) is 2.19. The molecule has 0 radical (unpaired) electrons. The van der Waals surface area contributed by atoms with Crippen LogP contribution in [0.4, 0.5) is 0 Å². The molecule has 0 saturated carbocycles. The Bertz CT molecular complexity index is 83.8. The Labute approximate surface area is 73.1 Å². The monoisotopic (exact) mass is 182 g/mol. The van der Waals surface area contributed by atoms with E-state index in [0.29, 0.717) is 0 Å². The van der Waals surface area contributed by atoms with E-state index in [1.54, 1.807) is 14.2 Å². The fourth-order valence-corrected chi connectivity index (χ4v) is 0.906. The summed E-state index contributed by atoms with van der Waals surface area (Å²) in [5, 5.41) is -0.720. The molecule has 0 aromatic rings. The van der Waals surface area contributed by atoms with Gasteiger partial charge >= 0.3 is 0 Å². The standard InChI is InChI=1S/C6H14O2S2/c1-7-6(10,8-2)4-3-5-9/h9-10H,3-5H2,1-2H3. The second kappa shape index (κ2) is 5.29. The highest BCUT2D eigenvalue weighted by Gasteiger charge is 2.22. The SMILES string of the molecule is COC(S)(CCCS)OC. The highest BCUT2D eigenvalue weighted by Crippen LogP contribution is 2.22. The van der Waals surface area contributed by atoms with Gasteiger partial charge in [-0.1, -0.05) is 0 Å². The van der Waals surface area contributed by atoms with Crippen LogP contribution in [0.25, 0.3) is 0 Å². The average molecular weight is 182 g/mol. The second-order valence-corrected chi connectivity index (χ2v) is 3.08. The minimum absolute atomic E-state index is 0.720. The van der Waals surface area contributed by atoms with Gasteiger partial charge in [-0.2, -0.15) is 12.6 Å². The summed E-state index contributed by atoms with van der Waals surface area (Å²) in [6.07, 6.45) is 1.70. The fourth-order valence-electron chi connectivity index (χ4n) is 0.590. The summed E-state index contributed by atoms with van der Waals surface area (Å²) in [6, 6.07) is 0. The molecule has 0 aromatic carbocycles. The van der Waals surface area contributed by atoms with Gasteiger partial charge in [0.2, 0.25) is 5.12 Å². The van der Waals surface area contributed by atoms with E-state index in [1.165, 1.54) is 0 Å². The maximum absolute atomic E-state index is 5.00. The molecule has 0 aliphatic rings. The zero-order chi connectivity index (χ0) is 8.04. The van der Waals surface area contributed by atoms with Gasteiger partial charge in [0.05, 0.1) is 0 Å². The topological polar surface area (TPSA) is 18.5 Å². The Morgan fingerprint density at radius 2 is 1.80 bits per heavy atom. The van der Waals surface area contributed by atoms with Gasteiger partial charge in [-0.15, -0.1) is 12.6 Å². The van der Waals surface area contributed by atoms with Crippen molar-refractivity contribution < 1.29 is 9.47 Å². The molecule has 0 rings (SSSR count). The number of hydrogen-bond acceptors (Lipinski definition) is 4. The van der Waals surface area contributed by atoms with Crippen molar-refractivity contribution >= 4 is 25.3 Å². The number of thiol groups is 2. The van der Waals surface area contributed by atoms with Crippen molar-refractivity contribution in [3.63, 3.8) is 0 Å². The van der Waals surface area contributed by atoms with E-state index in [-0.39, 0.29) is 0 Å². The number of methoxy groups -OCH3 is 2. The van der Waals surface area contributed by atoms with Crippen LogP contribution >= 0.6 is 25.3 Å². The summed E-state index contributed by atoms with van der Waals surface area (Å²) in [5.41, 5.74) is 0. The molecule has 0 aliphatic heterocycles. The van der Waals surface area contributed by atoms with Crippen LogP contribution in [0.1, 0.15) is 12.8 Å². The van der Waals surface area contributed by atoms with Gasteiger partial charge in [0, 0.05) is 20.6 Å². The molecule has 0 fully saturated rings. The van der Waals surface area contributed by atoms with E-state index in [0.717, 1.165) is 18.6 Å². The zero-order valence-corrected chi connectivity index (χ0v) is 8.12. The van der Waals surface area contributed by atoms with E-state index in [4.69, 9.17) is 9.47 Å². The largest absolute Gasteiger partial charge is 0.345 e. The molecular weight excluding hydrogens is 168 g/mol. The van der Waals surface area contributed by atoms with Gasteiger partial charge in [-0.05, 0) is 12.2 Å². The van der Waals surface area contributed by atoms with Gasteiger partial charge in [0.15, 0.2) is 0 Å². The average Bonchev–Trinajstić information content (AvgIpc) is 2.00. The Hall–Kier alpha value is 0.620. The first-order valence-corrected chi connectivity index (χ1v) is 4.20. The molecular formula is C6H14O2S2. The van der Waals surface area contributed by atoms with Gasteiger partial charge in [0.25, 0.3) is 0 Å². The van der Waals surface area contributed by atoms with Crippen LogP contribution in [-0.2, 0) is 9.47 Å². The molecule has 0 spiro atoms. The third kappa shape index (κ3) is 3.71. The Morgan fingerprint density at radius 3 is 2.10 bits per heavy atom. The number of hydrogen-bond donors (Lipinski definition) is 2. The predicted octanol–water partition coefficient (Wildman–Crippen LogP) is 1.57. The summed E-state index contributed by atoms with van der Waals surface area (Å²) in [7, 11) is 3.16. The first kappa shape index (κ1) is 10.6. The lowest BCUT2D eigenvalue weighted by molar-refractivity contribution is -0.136. The Balaban J connectivity index is 3.58. The molecule has 4 heteroatoms. The van der Waals surface area contributed by atoms with Crippen molar-refractivity contribution in [3.05, 3.63) is 0 Å². The normalized spacial score (nSPS) is 12.0. The smallest absolute Gasteiger partial charge is 0.214 e. The number of rotatable bonds is 5. The minimum Gasteiger partial charge on any atom is -0.345 e. The zero-order valence-electron chi connectivity index (χ0n) is 6.33. The lowest BCUT2D eigenvalue weighted by Crippen LogP contribution is -2.26. The van der Waals surface area contributed by atoms with Gasteiger partial charge in [0.1, 0.15) is 0 Å². The maximum Gasteiger partial charge on any atom is 0.214 e. The summed E-state index contributed by atoms with van der Waals surface area (Å²) in [6.45, 7) is 0. The van der Waals surface area contributed by atoms with E-state index in [9.17, 15) is 0 Å². The molecule has 0 unspecified atom stereocenters. The molecule has 62 valence electrons. The van der Waals surface area contributed by atoms with Crippen molar-refractivity contribution in [2.24, 2.45) is 0 Å². The first-order valence-electron chi connectivity index (χ1n) is 3.12. The van der Waals surface area contributed by atoms with Crippen LogP contribution < -0.4 is 0 Å². The minimum atomic E-state index is -0.720. The van der Waals surface area contributed by atoms with Gasteiger partial charge < -0.3 is 9.47 Å². The van der Waals surface area contributed by atoms with E-state index in [1.807, 2.05) is 0 Å². The van der Waals surface area contributed by atoms with E-state index >= 15 is 0 Å². The van der Waals surface area contributed by atoms with Crippen molar-refractivity contribution in [2.75, 3.05) is 20.0 Å². The molecule has 0 heterocycles. The predicted molar refractivity (Wildman–Crippen MR) is 48.8 cm³/mol. The second-order valence-electron chi connectivity index (χ2n) is 1.95. The molecule has 10 heavy (non-hydrogen) atoms. The summed E-state index contributed by atoms with van der Waals surface area (Å²) >= 11 is 8.24. The lowest BCUT2D eigenvalue weighted by atomic mass is 10.3. The highest BCUT2D eigenvalue weighted by molar-refractivity contribution is 7.81. The summed E-state index contributed by atoms with van der Waals surface area (Å²) in [4.78, 5) is 0. The molecule has 0 N–H and O–H groups in total. The number of ether oxygens (including phenoxy) is 2. The molecule has 0 aliphatic carbocycles. The highest BCUT2D eigenvalue weighted by atomic mass is 32.1. The van der Waals surface area contributed by atoms with Crippen LogP contribution in [-0.4, -0.2) is 25.1 Å². The van der Waals surface area contributed by atoms with Crippen molar-refractivity contribution in [3.8, 4) is 0 Å². The van der Waals surface area contributed by atoms with Crippen molar-refractivity contribution in [2.45, 2.75) is 18.0 Å². The third-order valence-electron chi connectivity index (χ3n) is 1.29. The van der Waals surface area contributed by atoms with Crippen molar-refractivity contribution in [1.82, 2.24) is 0 Å². The molecule has 0 aromatic heterocycles. The molecule has 0 atom stereocenters. The van der Waals surface area contributed by atoms with E-state index in [2.05, 4.69) is 25.3 Å². The molecule has 0 bridgehead atoms. The van der Waals surface area contributed by atoms with Crippen LogP contribution in [0.15, 0.2) is 0 Å². The summed E-state index contributed by atoms with van der Waals surface area (Å²) < 4.78 is 9.99. The molecule has 2 nitrogen and oxygen atoms in total. The quantitative estimate of drug-likeness (QED) is 0.497. The van der Waals surface area contributed by atoms with Crippen LogP contribution in [0.2, 0.25) is 0 Å². The van der Waals surface area contributed by atoms with Crippen LogP contribution in [0.5, 0.6) is 0 Å². The van der Waals surface area contributed by atoms with E-state index < -0.39 is 5.12 Å². The molecule has 0 amide bonds. The molecule has 0 saturated heterocycles. The Morgan fingerprint density at radius 1 is 1.30 bits per heavy atom. The lowest BCUT2D eigenvalue weighted by Gasteiger charge is -2.24. The van der Waals surface area contributed by atoms with Crippen molar-refractivity contribution in [1.29, 1.82) is 0 Å².